The van der Waals surface area contributed by atoms with Gasteiger partial charge in [-0.25, -0.2) is 4.98 Å². The molecule has 112 valence electrons. The Bertz CT molecular complexity index is 591. The summed E-state index contributed by atoms with van der Waals surface area (Å²) >= 11 is 1.78. The van der Waals surface area contributed by atoms with Crippen LogP contribution in [0.25, 0.3) is 0 Å². The third-order valence-electron chi connectivity index (χ3n) is 3.63. The largest absolute Gasteiger partial charge is 0.342 e. The van der Waals surface area contributed by atoms with Crippen LogP contribution in [0.1, 0.15) is 36.0 Å². The van der Waals surface area contributed by atoms with Gasteiger partial charge in [0, 0.05) is 35.9 Å². The van der Waals surface area contributed by atoms with Gasteiger partial charge in [0.2, 0.25) is 0 Å². The molecule has 1 aliphatic rings. The van der Waals surface area contributed by atoms with Gasteiger partial charge < -0.3 is 10.2 Å². The van der Waals surface area contributed by atoms with E-state index in [0.29, 0.717) is 0 Å². The molecule has 1 aliphatic carbocycles. The molecular weight excluding hydrogens is 280 g/mol. The number of aromatic nitrogens is 2. The van der Waals surface area contributed by atoms with Crippen LogP contribution in [0, 0.1) is 6.92 Å². The van der Waals surface area contributed by atoms with Crippen molar-refractivity contribution in [2.24, 2.45) is 0 Å². The van der Waals surface area contributed by atoms with E-state index in [-0.39, 0.29) is 0 Å². The van der Waals surface area contributed by atoms with Crippen LogP contribution in [0.5, 0.6) is 0 Å². The van der Waals surface area contributed by atoms with E-state index in [2.05, 4.69) is 39.2 Å². The van der Waals surface area contributed by atoms with Crippen LogP contribution in [0.15, 0.2) is 24.4 Å². The second kappa shape index (κ2) is 6.54. The van der Waals surface area contributed by atoms with E-state index in [1.807, 2.05) is 19.2 Å². The molecule has 0 amide bonds. The zero-order valence-corrected chi connectivity index (χ0v) is 13.5. The van der Waals surface area contributed by atoms with Crippen LogP contribution in [0.2, 0.25) is 0 Å². The minimum atomic E-state index is 0.745. The van der Waals surface area contributed by atoms with Gasteiger partial charge in [0.15, 0.2) is 5.13 Å². The van der Waals surface area contributed by atoms with E-state index in [1.165, 1.54) is 17.7 Å². The summed E-state index contributed by atoms with van der Waals surface area (Å²) in [4.78, 5) is 12.8. The molecule has 0 atom stereocenters. The topological polar surface area (TPSA) is 41.1 Å². The molecule has 2 aromatic rings. The average molecular weight is 302 g/mol. The van der Waals surface area contributed by atoms with Gasteiger partial charge in [-0.1, -0.05) is 6.07 Å². The van der Waals surface area contributed by atoms with Crippen LogP contribution in [-0.4, -0.2) is 22.6 Å². The highest BCUT2D eigenvalue weighted by Gasteiger charge is 2.20. The quantitative estimate of drug-likeness (QED) is 0.853. The Morgan fingerprint density at radius 1 is 1.38 bits per heavy atom. The van der Waals surface area contributed by atoms with Gasteiger partial charge in [-0.3, -0.25) is 4.98 Å². The second-order valence-electron chi connectivity index (χ2n) is 5.55. The Balaban J connectivity index is 1.64. The van der Waals surface area contributed by atoms with E-state index in [9.17, 15) is 0 Å². The standard InChI is InChI=1S/C16H22N4S/c1-3-20(11-14-6-4-5-12(2)19-14)16-18-10-15(21-16)9-17-13-7-8-13/h4-6,10,13,17H,3,7-9,11H2,1-2H3. The highest BCUT2D eigenvalue weighted by Crippen LogP contribution is 2.25. The monoisotopic (exact) mass is 302 g/mol. The molecule has 2 aromatic heterocycles. The van der Waals surface area contributed by atoms with Crippen molar-refractivity contribution in [1.82, 2.24) is 15.3 Å². The lowest BCUT2D eigenvalue weighted by atomic mass is 10.3. The summed E-state index contributed by atoms with van der Waals surface area (Å²) in [6, 6.07) is 6.93. The fourth-order valence-corrected chi connectivity index (χ4v) is 3.18. The maximum Gasteiger partial charge on any atom is 0.185 e. The van der Waals surface area contributed by atoms with Crippen molar-refractivity contribution in [2.75, 3.05) is 11.4 Å². The van der Waals surface area contributed by atoms with E-state index < -0.39 is 0 Å². The SMILES string of the molecule is CCN(Cc1cccc(C)n1)c1ncc(CNC2CC2)s1. The lowest BCUT2D eigenvalue weighted by Crippen LogP contribution is -2.22. The van der Waals surface area contributed by atoms with Crippen LogP contribution < -0.4 is 10.2 Å². The summed E-state index contributed by atoms with van der Waals surface area (Å²) in [6.07, 6.45) is 4.65. The minimum absolute atomic E-state index is 0.745. The smallest absolute Gasteiger partial charge is 0.185 e. The number of pyridine rings is 1. The molecule has 0 saturated heterocycles. The molecule has 0 spiro atoms. The molecule has 0 unspecified atom stereocenters. The Labute approximate surface area is 130 Å². The van der Waals surface area contributed by atoms with Crippen LogP contribution >= 0.6 is 11.3 Å². The molecule has 1 saturated carbocycles. The number of thiazole rings is 1. The number of hydrogen-bond acceptors (Lipinski definition) is 5. The van der Waals surface area contributed by atoms with Gasteiger partial charge in [0.25, 0.3) is 0 Å². The van der Waals surface area contributed by atoms with Crippen molar-refractivity contribution < 1.29 is 0 Å². The van der Waals surface area contributed by atoms with Gasteiger partial charge >= 0.3 is 0 Å². The second-order valence-corrected chi connectivity index (χ2v) is 6.64. The third kappa shape index (κ3) is 4.02. The highest BCUT2D eigenvalue weighted by atomic mass is 32.1. The fourth-order valence-electron chi connectivity index (χ4n) is 2.26. The minimum Gasteiger partial charge on any atom is -0.342 e. The van der Waals surface area contributed by atoms with E-state index in [4.69, 9.17) is 0 Å². The number of nitrogens with one attached hydrogen (secondary N) is 1. The average Bonchev–Trinajstić information content (AvgIpc) is 3.20. The van der Waals surface area contributed by atoms with Crippen LogP contribution in [-0.2, 0) is 13.1 Å². The van der Waals surface area contributed by atoms with Gasteiger partial charge in [0.05, 0.1) is 12.2 Å². The predicted molar refractivity (Wildman–Crippen MR) is 87.7 cm³/mol. The first-order chi connectivity index (χ1) is 10.2. The molecular formula is C16H22N4S. The zero-order chi connectivity index (χ0) is 14.7. The molecule has 21 heavy (non-hydrogen) atoms. The molecule has 0 bridgehead atoms. The van der Waals surface area contributed by atoms with E-state index >= 15 is 0 Å². The lowest BCUT2D eigenvalue weighted by Gasteiger charge is -2.19. The van der Waals surface area contributed by atoms with Gasteiger partial charge in [-0.05, 0) is 38.8 Å². The Morgan fingerprint density at radius 2 is 2.24 bits per heavy atom. The number of rotatable bonds is 7. The summed E-state index contributed by atoms with van der Waals surface area (Å²) in [7, 11) is 0. The molecule has 1 N–H and O–H groups in total. The summed E-state index contributed by atoms with van der Waals surface area (Å²) in [6.45, 7) is 6.91. The Morgan fingerprint density at radius 3 is 2.95 bits per heavy atom. The Hall–Kier alpha value is -1.46. The van der Waals surface area contributed by atoms with Crippen molar-refractivity contribution >= 4 is 16.5 Å². The summed E-state index contributed by atoms with van der Waals surface area (Å²) < 4.78 is 0. The number of nitrogens with zero attached hydrogens (tertiary/aromatic N) is 3. The van der Waals surface area contributed by atoms with Crippen molar-refractivity contribution in [1.29, 1.82) is 0 Å². The number of anilines is 1. The van der Waals surface area contributed by atoms with Gasteiger partial charge in [-0.15, -0.1) is 11.3 Å². The molecule has 4 nitrogen and oxygen atoms in total. The number of hydrogen-bond donors (Lipinski definition) is 1. The first-order valence-corrected chi connectivity index (χ1v) is 8.42. The summed E-state index contributed by atoms with van der Waals surface area (Å²) in [5.41, 5.74) is 2.17. The third-order valence-corrected chi connectivity index (χ3v) is 4.69. The molecule has 0 aliphatic heterocycles. The van der Waals surface area contributed by atoms with Gasteiger partial charge in [0.1, 0.15) is 0 Å². The summed E-state index contributed by atoms with van der Waals surface area (Å²) in [5.74, 6) is 0. The molecule has 1 fully saturated rings. The van der Waals surface area contributed by atoms with Crippen molar-refractivity contribution in [3.8, 4) is 0 Å². The molecule has 3 rings (SSSR count). The van der Waals surface area contributed by atoms with Gasteiger partial charge in [-0.2, -0.15) is 0 Å². The van der Waals surface area contributed by atoms with Crippen molar-refractivity contribution in [3.05, 3.63) is 40.7 Å². The number of aryl methyl sites for hydroxylation is 1. The molecule has 0 radical (unpaired) electrons. The fraction of sp³-hybridized carbons (Fsp3) is 0.500. The first kappa shape index (κ1) is 14.5. The molecule has 2 heterocycles. The van der Waals surface area contributed by atoms with Crippen molar-refractivity contribution in [3.63, 3.8) is 0 Å². The van der Waals surface area contributed by atoms with Crippen LogP contribution in [0.4, 0.5) is 5.13 Å². The zero-order valence-electron chi connectivity index (χ0n) is 12.7. The molecule has 0 aromatic carbocycles. The maximum absolute atomic E-state index is 4.58. The van der Waals surface area contributed by atoms with Crippen molar-refractivity contribution in [2.45, 2.75) is 45.8 Å². The highest BCUT2D eigenvalue weighted by molar-refractivity contribution is 7.15. The summed E-state index contributed by atoms with van der Waals surface area (Å²) in [5, 5.41) is 4.63. The first-order valence-electron chi connectivity index (χ1n) is 7.60. The van der Waals surface area contributed by atoms with Crippen LogP contribution in [0.3, 0.4) is 0 Å². The van der Waals surface area contributed by atoms with E-state index in [0.717, 1.165) is 42.2 Å². The Kier molecular flexibility index (Phi) is 4.51. The predicted octanol–water partition coefficient (Wildman–Crippen LogP) is 3.13. The maximum atomic E-state index is 4.58. The van der Waals surface area contributed by atoms with E-state index in [1.54, 1.807) is 11.3 Å². The normalized spacial score (nSPS) is 14.4. The molecule has 5 heteroatoms. The lowest BCUT2D eigenvalue weighted by molar-refractivity contribution is 0.694.